The number of allylic oxidation sites excluding steroid dienone is 5. The lowest BCUT2D eigenvalue weighted by Crippen LogP contribution is -2.33. The summed E-state index contributed by atoms with van der Waals surface area (Å²) >= 11 is 0. The van der Waals surface area contributed by atoms with Crippen molar-refractivity contribution in [3.63, 3.8) is 0 Å². The van der Waals surface area contributed by atoms with Crippen LogP contribution < -0.4 is 5.32 Å². The van der Waals surface area contributed by atoms with Crippen LogP contribution in [0.4, 0.5) is 0 Å². The third-order valence-electron chi connectivity index (χ3n) is 3.32. The molecule has 15 heavy (non-hydrogen) atoms. The maximum Gasteiger partial charge on any atom is 0.0406 e. The number of nitrogens with zero attached hydrogens (tertiary/aromatic N) is 1. The Balaban J connectivity index is 1.90. The minimum atomic E-state index is 0.684. The van der Waals surface area contributed by atoms with Gasteiger partial charge in [-0.05, 0) is 37.1 Å². The number of rotatable bonds is 0. The standard InChI is InChI=1S/C13H16N2/c1-2-9-15-10-11-4-3-8-14-13(11)7-6-12(15)5-1/h1-2,5-7,9,11,14H,3-4,8,10H2. The van der Waals surface area contributed by atoms with E-state index in [-0.39, 0.29) is 0 Å². The molecule has 0 saturated carbocycles. The number of hydrogen-bond donors (Lipinski definition) is 1. The molecule has 1 fully saturated rings. The molecule has 0 aromatic heterocycles. The number of nitrogens with one attached hydrogen (secondary N) is 1. The summed E-state index contributed by atoms with van der Waals surface area (Å²) in [6.07, 6.45) is 15.6. The van der Waals surface area contributed by atoms with Gasteiger partial charge in [0.2, 0.25) is 0 Å². The highest BCUT2D eigenvalue weighted by molar-refractivity contribution is 5.34. The van der Waals surface area contributed by atoms with Crippen molar-refractivity contribution in [1.82, 2.24) is 10.2 Å². The lowest BCUT2D eigenvalue weighted by atomic mass is 9.95. The van der Waals surface area contributed by atoms with Gasteiger partial charge in [-0.2, -0.15) is 0 Å². The molecule has 3 rings (SSSR count). The summed E-state index contributed by atoms with van der Waals surface area (Å²) in [6.45, 7) is 2.25. The van der Waals surface area contributed by atoms with E-state index in [2.05, 4.69) is 46.8 Å². The van der Waals surface area contributed by atoms with Crippen LogP contribution >= 0.6 is 0 Å². The van der Waals surface area contributed by atoms with Gasteiger partial charge in [0.25, 0.3) is 0 Å². The van der Waals surface area contributed by atoms with Gasteiger partial charge in [-0.15, -0.1) is 0 Å². The summed E-state index contributed by atoms with van der Waals surface area (Å²) in [5.41, 5.74) is 2.73. The molecule has 0 aromatic carbocycles. The normalized spacial score (nSPS) is 28.3. The molecule has 0 radical (unpaired) electrons. The van der Waals surface area contributed by atoms with Crippen LogP contribution in [0.25, 0.3) is 0 Å². The quantitative estimate of drug-likeness (QED) is 0.644. The van der Waals surface area contributed by atoms with Crippen molar-refractivity contribution < 1.29 is 0 Å². The molecule has 1 saturated heterocycles. The second-order valence-electron chi connectivity index (χ2n) is 4.33. The van der Waals surface area contributed by atoms with E-state index >= 15 is 0 Å². The average Bonchev–Trinajstić information content (AvgIpc) is 2.48. The van der Waals surface area contributed by atoms with Gasteiger partial charge >= 0.3 is 0 Å². The van der Waals surface area contributed by atoms with Crippen molar-refractivity contribution in [2.75, 3.05) is 13.1 Å². The molecule has 3 aliphatic heterocycles. The fourth-order valence-electron chi connectivity index (χ4n) is 2.49. The van der Waals surface area contributed by atoms with Gasteiger partial charge in [0, 0.05) is 36.6 Å². The molecule has 3 heterocycles. The van der Waals surface area contributed by atoms with Crippen LogP contribution in [0.5, 0.6) is 0 Å². The topological polar surface area (TPSA) is 15.3 Å². The van der Waals surface area contributed by atoms with Crippen LogP contribution in [0, 0.1) is 5.92 Å². The van der Waals surface area contributed by atoms with E-state index in [0.29, 0.717) is 5.92 Å². The van der Waals surface area contributed by atoms with Gasteiger partial charge in [0.15, 0.2) is 0 Å². The molecule has 1 N–H and O–H groups in total. The monoisotopic (exact) mass is 200 g/mol. The zero-order valence-electron chi connectivity index (χ0n) is 8.82. The summed E-state index contributed by atoms with van der Waals surface area (Å²) in [5, 5.41) is 3.51. The Bertz CT molecular complexity index is 374. The van der Waals surface area contributed by atoms with Gasteiger partial charge in [0.05, 0.1) is 0 Å². The molecular formula is C13H16N2. The third kappa shape index (κ3) is 1.60. The summed E-state index contributed by atoms with van der Waals surface area (Å²) in [5.74, 6) is 0.684. The Morgan fingerprint density at radius 3 is 3.27 bits per heavy atom. The van der Waals surface area contributed by atoms with Gasteiger partial charge < -0.3 is 10.2 Å². The zero-order valence-corrected chi connectivity index (χ0v) is 8.82. The highest BCUT2D eigenvalue weighted by Crippen LogP contribution is 2.27. The maximum atomic E-state index is 3.51. The molecule has 0 aliphatic carbocycles. The van der Waals surface area contributed by atoms with Crippen LogP contribution in [-0.2, 0) is 0 Å². The summed E-state index contributed by atoms with van der Waals surface area (Å²) in [4.78, 5) is 2.35. The first-order chi connectivity index (χ1) is 7.43. The largest absolute Gasteiger partial charge is 0.388 e. The van der Waals surface area contributed by atoms with Crippen molar-refractivity contribution in [1.29, 1.82) is 0 Å². The smallest absolute Gasteiger partial charge is 0.0406 e. The van der Waals surface area contributed by atoms with Crippen molar-refractivity contribution in [2.45, 2.75) is 12.8 Å². The Hall–Kier alpha value is -1.44. The van der Waals surface area contributed by atoms with Crippen LogP contribution in [-0.4, -0.2) is 18.0 Å². The molecule has 1 unspecified atom stereocenters. The first-order valence-corrected chi connectivity index (χ1v) is 5.71. The fourth-order valence-corrected chi connectivity index (χ4v) is 2.49. The Morgan fingerprint density at radius 2 is 2.27 bits per heavy atom. The Kier molecular flexibility index (Phi) is 2.13. The molecule has 1 atom stereocenters. The van der Waals surface area contributed by atoms with E-state index in [1.54, 1.807) is 0 Å². The predicted molar refractivity (Wildman–Crippen MR) is 61.9 cm³/mol. The van der Waals surface area contributed by atoms with E-state index in [9.17, 15) is 0 Å². The second-order valence-corrected chi connectivity index (χ2v) is 4.33. The van der Waals surface area contributed by atoms with Crippen LogP contribution in [0.3, 0.4) is 0 Å². The molecular weight excluding hydrogens is 184 g/mol. The van der Waals surface area contributed by atoms with E-state index in [4.69, 9.17) is 0 Å². The van der Waals surface area contributed by atoms with Gasteiger partial charge in [-0.3, -0.25) is 0 Å². The zero-order chi connectivity index (χ0) is 10.1. The van der Waals surface area contributed by atoms with Crippen LogP contribution in [0.1, 0.15) is 12.8 Å². The lowest BCUT2D eigenvalue weighted by molar-refractivity contribution is 0.348. The van der Waals surface area contributed by atoms with Crippen LogP contribution in [0.2, 0.25) is 0 Å². The van der Waals surface area contributed by atoms with Crippen molar-refractivity contribution in [3.8, 4) is 0 Å². The molecule has 2 heteroatoms. The molecule has 78 valence electrons. The van der Waals surface area contributed by atoms with E-state index in [1.165, 1.54) is 24.2 Å². The molecule has 0 aromatic rings. The van der Waals surface area contributed by atoms with Gasteiger partial charge in [-0.1, -0.05) is 6.08 Å². The molecule has 0 amide bonds. The second kappa shape index (κ2) is 3.61. The molecule has 0 bridgehead atoms. The maximum absolute atomic E-state index is 3.51. The summed E-state index contributed by atoms with van der Waals surface area (Å²) in [6, 6.07) is 0. The fraction of sp³-hybridized carbons (Fsp3) is 0.385. The molecule has 0 spiro atoms. The lowest BCUT2D eigenvalue weighted by Gasteiger charge is -2.30. The third-order valence-corrected chi connectivity index (χ3v) is 3.32. The SMILES string of the molecule is C1=CC2=CC=C3NCCCC3CN2C=C1. The predicted octanol–water partition coefficient (Wildman–Crippen LogP) is 2.15. The summed E-state index contributed by atoms with van der Waals surface area (Å²) in [7, 11) is 0. The average molecular weight is 200 g/mol. The highest BCUT2D eigenvalue weighted by atomic mass is 15.1. The number of fused-ring (bicyclic) bond motifs is 2. The molecule has 3 aliphatic rings. The minimum Gasteiger partial charge on any atom is -0.388 e. The number of piperidine rings is 1. The highest BCUT2D eigenvalue weighted by Gasteiger charge is 2.23. The van der Waals surface area contributed by atoms with E-state index in [1.807, 2.05) is 0 Å². The van der Waals surface area contributed by atoms with Crippen molar-refractivity contribution >= 4 is 0 Å². The van der Waals surface area contributed by atoms with Crippen molar-refractivity contribution in [2.24, 2.45) is 5.92 Å². The summed E-state index contributed by atoms with van der Waals surface area (Å²) < 4.78 is 0. The first kappa shape index (κ1) is 8.84. The Morgan fingerprint density at radius 1 is 1.27 bits per heavy atom. The van der Waals surface area contributed by atoms with Crippen LogP contribution in [0.15, 0.2) is 48.0 Å². The molecule has 2 nitrogen and oxygen atoms in total. The Labute approximate surface area is 90.7 Å². The first-order valence-electron chi connectivity index (χ1n) is 5.71. The van der Waals surface area contributed by atoms with Crippen molar-refractivity contribution in [3.05, 3.63) is 48.0 Å². The van der Waals surface area contributed by atoms with E-state index in [0.717, 1.165) is 13.1 Å². The minimum absolute atomic E-state index is 0.684. The van der Waals surface area contributed by atoms with Gasteiger partial charge in [0.1, 0.15) is 0 Å². The van der Waals surface area contributed by atoms with Gasteiger partial charge in [-0.25, -0.2) is 0 Å². The number of hydrogen-bond acceptors (Lipinski definition) is 2. The van der Waals surface area contributed by atoms with E-state index < -0.39 is 0 Å².